The van der Waals surface area contributed by atoms with E-state index in [4.69, 9.17) is 4.84 Å². The van der Waals surface area contributed by atoms with Crippen molar-refractivity contribution in [1.82, 2.24) is 14.6 Å². The van der Waals surface area contributed by atoms with Crippen molar-refractivity contribution in [1.29, 1.82) is 0 Å². The molecule has 0 unspecified atom stereocenters. The van der Waals surface area contributed by atoms with Gasteiger partial charge in [0.25, 0.3) is 0 Å². The molecule has 0 saturated carbocycles. The molecule has 0 aliphatic rings. The van der Waals surface area contributed by atoms with Crippen LogP contribution in [0.15, 0.2) is 12.3 Å². The minimum Gasteiger partial charge on any atom is -0.415 e. The van der Waals surface area contributed by atoms with Gasteiger partial charge < -0.3 is 9.74 Å². The van der Waals surface area contributed by atoms with Crippen molar-refractivity contribution in [3.63, 3.8) is 0 Å². The van der Waals surface area contributed by atoms with Crippen molar-refractivity contribution in [3.05, 3.63) is 29.5 Å². The molecule has 0 bridgehead atoms. The van der Waals surface area contributed by atoms with Crippen LogP contribution in [0.25, 0.3) is 0 Å². The number of allylic oxidation sites excluding steroid dienone is 1. The molecule has 20 heavy (non-hydrogen) atoms. The van der Waals surface area contributed by atoms with Gasteiger partial charge in [-0.15, -0.1) is 0 Å². The van der Waals surface area contributed by atoms with E-state index in [1.54, 1.807) is 24.1 Å². The van der Waals surface area contributed by atoms with Crippen molar-refractivity contribution in [2.24, 2.45) is 0 Å². The fourth-order valence-corrected chi connectivity index (χ4v) is 1.97. The highest BCUT2D eigenvalue weighted by atomic mass is 16.6. The molecule has 1 aromatic rings. The van der Waals surface area contributed by atoms with Crippen molar-refractivity contribution in [2.45, 2.75) is 39.5 Å². The zero-order valence-corrected chi connectivity index (χ0v) is 13.3. The topological polar surface area (TPSA) is 47.4 Å². The molecule has 1 rings (SSSR count). The minimum atomic E-state index is -0.0842. The number of rotatable bonds is 7. The second kappa shape index (κ2) is 7.12. The van der Waals surface area contributed by atoms with E-state index in [1.165, 1.54) is 0 Å². The smallest absolute Gasteiger partial charge is 0.209 e. The third-order valence-corrected chi connectivity index (χ3v) is 2.89. The highest BCUT2D eigenvalue weighted by Crippen LogP contribution is 2.21. The SMILES string of the molecule is CCCc1nc(C(C)C)c(C(=O)C=CN(C)C)n1OC. The summed E-state index contributed by atoms with van der Waals surface area (Å²) in [6.07, 6.45) is 5.03. The maximum atomic E-state index is 12.4. The van der Waals surface area contributed by atoms with Gasteiger partial charge in [-0.1, -0.05) is 20.8 Å². The Balaban J connectivity index is 3.30. The average molecular weight is 279 g/mol. The third-order valence-electron chi connectivity index (χ3n) is 2.89. The standard InChI is InChI=1S/C15H25N3O2/c1-7-8-13-16-14(11(2)3)15(18(13)20-6)12(19)9-10-17(4)5/h9-11H,7-8H2,1-6H3. The summed E-state index contributed by atoms with van der Waals surface area (Å²) in [5, 5.41) is 0. The molecule has 0 spiro atoms. The summed E-state index contributed by atoms with van der Waals surface area (Å²) in [5.41, 5.74) is 1.33. The number of aromatic nitrogens is 2. The Labute approximate surface area is 121 Å². The Hall–Kier alpha value is -1.78. The summed E-state index contributed by atoms with van der Waals surface area (Å²) in [5.74, 6) is 0.896. The van der Waals surface area contributed by atoms with Gasteiger partial charge in [-0.2, -0.15) is 4.73 Å². The van der Waals surface area contributed by atoms with Crippen LogP contribution >= 0.6 is 0 Å². The second-order valence-corrected chi connectivity index (χ2v) is 5.29. The first-order chi connectivity index (χ1) is 9.42. The summed E-state index contributed by atoms with van der Waals surface area (Å²) < 4.78 is 1.57. The maximum Gasteiger partial charge on any atom is 0.209 e. The Morgan fingerprint density at radius 3 is 2.55 bits per heavy atom. The van der Waals surface area contributed by atoms with Gasteiger partial charge in [0.15, 0.2) is 5.69 Å². The predicted molar refractivity (Wildman–Crippen MR) is 80.0 cm³/mol. The Bertz CT molecular complexity index is 488. The lowest BCUT2D eigenvalue weighted by atomic mass is 10.1. The molecule has 5 heteroatoms. The van der Waals surface area contributed by atoms with E-state index in [-0.39, 0.29) is 11.7 Å². The molecular weight excluding hydrogens is 254 g/mol. The summed E-state index contributed by atoms with van der Waals surface area (Å²) in [6.45, 7) is 6.15. The number of nitrogens with zero attached hydrogens (tertiary/aromatic N) is 3. The molecule has 112 valence electrons. The fourth-order valence-electron chi connectivity index (χ4n) is 1.97. The predicted octanol–water partition coefficient (Wildman–Crippen LogP) is 2.28. The van der Waals surface area contributed by atoms with Crippen LogP contribution in [-0.4, -0.2) is 41.6 Å². The van der Waals surface area contributed by atoms with Crippen LogP contribution < -0.4 is 4.84 Å². The van der Waals surface area contributed by atoms with Crippen LogP contribution in [0.3, 0.4) is 0 Å². The van der Waals surface area contributed by atoms with E-state index in [0.29, 0.717) is 5.69 Å². The minimum absolute atomic E-state index is 0.0842. The van der Waals surface area contributed by atoms with Crippen molar-refractivity contribution in [3.8, 4) is 0 Å². The number of carbonyl (C=O) groups excluding carboxylic acids is 1. The van der Waals surface area contributed by atoms with Crippen LogP contribution in [0.2, 0.25) is 0 Å². The monoisotopic (exact) mass is 279 g/mol. The van der Waals surface area contributed by atoms with Gasteiger partial charge in [0.2, 0.25) is 5.78 Å². The van der Waals surface area contributed by atoms with Gasteiger partial charge in [-0.3, -0.25) is 4.79 Å². The van der Waals surface area contributed by atoms with E-state index < -0.39 is 0 Å². The van der Waals surface area contributed by atoms with E-state index >= 15 is 0 Å². The van der Waals surface area contributed by atoms with Gasteiger partial charge in [-0.25, -0.2) is 4.98 Å². The first-order valence-corrected chi connectivity index (χ1v) is 6.97. The molecule has 0 aliphatic heterocycles. The Morgan fingerprint density at radius 1 is 1.45 bits per heavy atom. The molecule has 0 amide bonds. The lowest BCUT2D eigenvalue weighted by Gasteiger charge is -2.09. The van der Waals surface area contributed by atoms with Crippen LogP contribution in [-0.2, 0) is 6.42 Å². The van der Waals surface area contributed by atoms with Crippen LogP contribution in [0.5, 0.6) is 0 Å². The molecule has 0 atom stereocenters. The first-order valence-electron chi connectivity index (χ1n) is 6.97. The van der Waals surface area contributed by atoms with Crippen LogP contribution in [0.1, 0.15) is 55.1 Å². The Morgan fingerprint density at radius 2 is 2.10 bits per heavy atom. The zero-order valence-electron chi connectivity index (χ0n) is 13.3. The third kappa shape index (κ3) is 3.62. The van der Waals surface area contributed by atoms with E-state index in [0.717, 1.165) is 24.4 Å². The maximum absolute atomic E-state index is 12.4. The van der Waals surface area contributed by atoms with Crippen LogP contribution in [0.4, 0.5) is 0 Å². The number of imidazole rings is 1. The molecule has 0 aliphatic carbocycles. The van der Waals surface area contributed by atoms with E-state index in [1.807, 2.05) is 32.8 Å². The second-order valence-electron chi connectivity index (χ2n) is 5.29. The van der Waals surface area contributed by atoms with Gasteiger partial charge in [0.05, 0.1) is 5.69 Å². The van der Waals surface area contributed by atoms with Crippen molar-refractivity contribution < 1.29 is 9.63 Å². The lowest BCUT2D eigenvalue weighted by Crippen LogP contribution is -2.17. The molecule has 0 saturated heterocycles. The number of aryl methyl sites for hydroxylation is 1. The van der Waals surface area contributed by atoms with Gasteiger partial charge in [-0.05, 0) is 12.3 Å². The zero-order chi connectivity index (χ0) is 15.3. The number of ketones is 1. The molecule has 0 N–H and O–H groups in total. The molecule has 0 radical (unpaired) electrons. The normalized spacial score (nSPS) is 11.3. The Kier molecular flexibility index (Phi) is 5.80. The van der Waals surface area contributed by atoms with Crippen molar-refractivity contribution >= 4 is 5.78 Å². The highest BCUT2D eigenvalue weighted by Gasteiger charge is 2.23. The van der Waals surface area contributed by atoms with Gasteiger partial charge in [0.1, 0.15) is 12.9 Å². The summed E-state index contributed by atoms with van der Waals surface area (Å²) in [6, 6.07) is 0. The first kappa shape index (κ1) is 16.3. The number of hydrogen-bond acceptors (Lipinski definition) is 4. The number of hydrogen-bond donors (Lipinski definition) is 0. The largest absolute Gasteiger partial charge is 0.415 e. The highest BCUT2D eigenvalue weighted by molar-refractivity contribution is 6.04. The summed E-state index contributed by atoms with van der Waals surface area (Å²) in [7, 11) is 5.32. The number of carbonyl (C=O) groups is 1. The van der Waals surface area contributed by atoms with E-state index in [9.17, 15) is 4.79 Å². The molecular formula is C15H25N3O2. The molecule has 1 aromatic heterocycles. The molecule has 0 fully saturated rings. The quantitative estimate of drug-likeness (QED) is 0.567. The van der Waals surface area contributed by atoms with Crippen LogP contribution in [0, 0.1) is 0 Å². The van der Waals surface area contributed by atoms with Gasteiger partial charge in [0, 0.05) is 32.8 Å². The molecule has 0 aromatic carbocycles. The molecule has 5 nitrogen and oxygen atoms in total. The van der Waals surface area contributed by atoms with Gasteiger partial charge >= 0.3 is 0 Å². The lowest BCUT2D eigenvalue weighted by molar-refractivity contribution is 0.0973. The summed E-state index contributed by atoms with van der Waals surface area (Å²) in [4.78, 5) is 24.2. The fraction of sp³-hybridized carbons (Fsp3) is 0.600. The molecule has 1 heterocycles. The van der Waals surface area contributed by atoms with Crippen molar-refractivity contribution in [2.75, 3.05) is 21.2 Å². The van der Waals surface area contributed by atoms with E-state index in [2.05, 4.69) is 11.9 Å². The summed E-state index contributed by atoms with van der Waals surface area (Å²) >= 11 is 0. The average Bonchev–Trinajstić information content (AvgIpc) is 2.75.